The number of rotatable bonds is 10. The second kappa shape index (κ2) is 11.5. The van der Waals surface area contributed by atoms with Crippen LogP contribution in [0, 0.1) is 5.92 Å². The number of carbonyl (C=O) groups excluding carboxylic acids is 1. The molecule has 0 aliphatic carbocycles. The lowest BCUT2D eigenvalue weighted by Crippen LogP contribution is -2.23. The van der Waals surface area contributed by atoms with E-state index in [0.717, 1.165) is 24.5 Å². The average Bonchev–Trinajstić information content (AvgIpc) is 3.23. The second-order valence-electron chi connectivity index (χ2n) is 8.80. The number of nitrogens with zero attached hydrogens (tertiary/aromatic N) is 3. The predicted molar refractivity (Wildman–Crippen MR) is 136 cm³/mol. The molecular formula is C26H32N4O4S. The maximum atomic E-state index is 12.9. The summed E-state index contributed by atoms with van der Waals surface area (Å²) in [4.78, 5) is 12.9. The first kappa shape index (κ1) is 24.9. The number of ether oxygens (including phenoxy) is 3. The SMILES string of the molecule is CCc1ccc(OCc2nnc(SC(C)C(=O)Nc3ccc4c(c3)OCCO4)n2CC(C)C)cc1. The van der Waals surface area contributed by atoms with Crippen molar-refractivity contribution in [1.29, 1.82) is 0 Å². The Morgan fingerprint density at radius 1 is 1.09 bits per heavy atom. The van der Waals surface area contributed by atoms with Crippen LogP contribution in [0.4, 0.5) is 5.69 Å². The first-order valence-corrected chi connectivity index (χ1v) is 12.8. The largest absolute Gasteiger partial charge is 0.486 e. The zero-order valence-electron chi connectivity index (χ0n) is 20.6. The molecule has 186 valence electrons. The van der Waals surface area contributed by atoms with Crippen molar-refractivity contribution in [1.82, 2.24) is 14.8 Å². The van der Waals surface area contributed by atoms with Crippen LogP contribution in [0.2, 0.25) is 0 Å². The third-order valence-electron chi connectivity index (χ3n) is 5.50. The molecule has 1 aliphatic heterocycles. The number of aryl methyl sites for hydroxylation is 1. The van der Waals surface area contributed by atoms with E-state index < -0.39 is 0 Å². The van der Waals surface area contributed by atoms with Crippen LogP contribution in [-0.4, -0.2) is 39.1 Å². The smallest absolute Gasteiger partial charge is 0.237 e. The monoisotopic (exact) mass is 496 g/mol. The summed E-state index contributed by atoms with van der Waals surface area (Å²) in [5, 5.41) is 12.0. The Balaban J connectivity index is 1.41. The van der Waals surface area contributed by atoms with Crippen molar-refractivity contribution < 1.29 is 19.0 Å². The average molecular weight is 497 g/mol. The minimum atomic E-state index is -0.381. The van der Waals surface area contributed by atoms with Gasteiger partial charge in [0.25, 0.3) is 0 Å². The predicted octanol–water partition coefficient (Wildman–Crippen LogP) is 4.97. The van der Waals surface area contributed by atoms with E-state index in [2.05, 4.69) is 48.4 Å². The maximum Gasteiger partial charge on any atom is 0.237 e. The van der Waals surface area contributed by atoms with Crippen molar-refractivity contribution in [3.05, 3.63) is 53.9 Å². The number of anilines is 1. The standard InChI is InChI=1S/C26H32N4O4S/c1-5-19-6-9-21(10-7-19)34-16-24-28-29-26(30(24)15-17(2)3)35-18(4)25(31)27-20-8-11-22-23(14-20)33-13-12-32-22/h6-11,14,17-18H,5,12-13,15-16H2,1-4H3,(H,27,31). The van der Waals surface area contributed by atoms with E-state index in [1.54, 1.807) is 6.07 Å². The van der Waals surface area contributed by atoms with E-state index >= 15 is 0 Å². The van der Waals surface area contributed by atoms with Crippen molar-refractivity contribution >= 4 is 23.4 Å². The zero-order valence-corrected chi connectivity index (χ0v) is 21.4. The van der Waals surface area contributed by atoms with Crippen LogP contribution in [-0.2, 0) is 24.4 Å². The molecule has 3 aromatic rings. The second-order valence-corrected chi connectivity index (χ2v) is 10.1. The molecule has 0 saturated carbocycles. The number of hydrogen-bond donors (Lipinski definition) is 1. The molecule has 0 saturated heterocycles. The van der Waals surface area contributed by atoms with Gasteiger partial charge in [-0.3, -0.25) is 4.79 Å². The fraction of sp³-hybridized carbons (Fsp3) is 0.423. The van der Waals surface area contributed by atoms with Gasteiger partial charge in [0, 0.05) is 18.3 Å². The fourth-order valence-electron chi connectivity index (χ4n) is 3.61. The minimum Gasteiger partial charge on any atom is -0.486 e. The van der Waals surface area contributed by atoms with Gasteiger partial charge in [-0.05, 0) is 49.1 Å². The summed E-state index contributed by atoms with van der Waals surface area (Å²) in [6, 6.07) is 13.5. The molecule has 2 heterocycles. The van der Waals surface area contributed by atoms with Crippen LogP contribution in [0.5, 0.6) is 17.2 Å². The van der Waals surface area contributed by atoms with E-state index in [-0.39, 0.29) is 11.2 Å². The molecule has 1 atom stereocenters. The first-order chi connectivity index (χ1) is 16.9. The summed E-state index contributed by atoms with van der Waals surface area (Å²) in [6.07, 6.45) is 0.990. The Hall–Kier alpha value is -3.20. The van der Waals surface area contributed by atoms with Gasteiger partial charge >= 0.3 is 0 Å². The third-order valence-corrected chi connectivity index (χ3v) is 6.58. The lowest BCUT2D eigenvalue weighted by molar-refractivity contribution is -0.115. The van der Waals surface area contributed by atoms with Crippen LogP contribution in [0.25, 0.3) is 0 Å². The molecule has 1 aromatic heterocycles. The molecule has 0 spiro atoms. The molecule has 1 aliphatic rings. The molecule has 8 nitrogen and oxygen atoms in total. The lowest BCUT2D eigenvalue weighted by atomic mass is 10.2. The zero-order chi connectivity index (χ0) is 24.8. The van der Waals surface area contributed by atoms with Gasteiger partial charge in [-0.15, -0.1) is 10.2 Å². The van der Waals surface area contributed by atoms with Gasteiger partial charge < -0.3 is 24.1 Å². The quantitative estimate of drug-likeness (QED) is 0.397. The molecule has 35 heavy (non-hydrogen) atoms. The number of hydrogen-bond acceptors (Lipinski definition) is 7. The van der Waals surface area contributed by atoms with E-state index in [1.807, 2.05) is 35.8 Å². The summed E-state index contributed by atoms with van der Waals surface area (Å²) in [6.45, 7) is 10.3. The summed E-state index contributed by atoms with van der Waals surface area (Å²) in [5.74, 6) is 3.12. The molecule has 0 radical (unpaired) electrons. The summed E-state index contributed by atoms with van der Waals surface area (Å²) < 4.78 is 19.2. The number of carbonyl (C=O) groups is 1. The van der Waals surface area contributed by atoms with Crippen molar-refractivity contribution in [3.63, 3.8) is 0 Å². The van der Waals surface area contributed by atoms with Crippen LogP contribution in [0.1, 0.15) is 39.1 Å². The number of aromatic nitrogens is 3. The van der Waals surface area contributed by atoms with Gasteiger partial charge in [0.1, 0.15) is 25.6 Å². The van der Waals surface area contributed by atoms with E-state index in [4.69, 9.17) is 14.2 Å². The molecule has 1 unspecified atom stereocenters. The van der Waals surface area contributed by atoms with Gasteiger partial charge in [-0.2, -0.15) is 0 Å². The number of thioether (sulfide) groups is 1. The van der Waals surface area contributed by atoms with Crippen LogP contribution in [0.15, 0.2) is 47.6 Å². The number of nitrogens with one attached hydrogen (secondary N) is 1. The van der Waals surface area contributed by atoms with E-state index in [1.165, 1.54) is 17.3 Å². The molecule has 0 bridgehead atoms. The molecular weight excluding hydrogens is 464 g/mol. The van der Waals surface area contributed by atoms with Gasteiger partial charge in [-0.1, -0.05) is 44.7 Å². The summed E-state index contributed by atoms with van der Waals surface area (Å²) in [7, 11) is 0. The van der Waals surface area contributed by atoms with Crippen molar-refractivity contribution in [2.45, 2.75) is 57.7 Å². The first-order valence-electron chi connectivity index (χ1n) is 11.9. The highest BCUT2D eigenvalue weighted by Gasteiger charge is 2.22. The summed E-state index contributed by atoms with van der Waals surface area (Å²) >= 11 is 1.38. The van der Waals surface area contributed by atoms with E-state index in [0.29, 0.717) is 48.1 Å². The molecule has 2 aromatic carbocycles. The maximum absolute atomic E-state index is 12.9. The van der Waals surface area contributed by atoms with Gasteiger partial charge in [0.05, 0.1) is 5.25 Å². The molecule has 1 amide bonds. The third kappa shape index (κ3) is 6.48. The Bertz CT molecular complexity index is 1150. The van der Waals surface area contributed by atoms with Crippen molar-refractivity contribution in [2.24, 2.45) is 5.92 Å². The van der Waals surface area contributed by atoms with Crippen molar-refractivity contribution in [2.75, 3.05) is 18.5 Å². The van der Waals surface area contributed by atoms with Gasteiger partial charge in [0.2, 0.25) is 5.91 Å². The Labute approximate surface area is 210 Å². The summed E-state index contributed by atoms with van der Waals surface area (Å²) in [5.41, 5.74) is 1.93. The van der Waals surface area contributed by atoms with Crippen molar-refractivity contribution in [3.8, 4) is 17.2 Å². The van der Waals surface area contributed by atoms with Gasteiger partial charge in [0.15, 0.2) is 22.5 Å². The van der Waals surface area contributed by atoms with Crippen LogP contribution in [0.3, 0.4) is 0 Å². The Morgan fingerprint density at radius 3 is 2.54 bits per heavy atom. The molecule has 9 heteroatoms. The highest BCUT2D eigenvalue weighted by molar-refractivity contribution is 8.00. The highest BCUT2D eigenvalue weighted by Crippen LogP contribution is 2.33. The Morgan fingerprint density at radius 2 is 1.83 bits per heavy atom. The minimum absolute atomic E-state index is 0.125. The van der Waals surface area contributed by atoms with Gasteiger partial charge in [-0.25, -0.2) is 0 Å². The highest BCUT2D eigenvalue weighted by atomic mass is 32.2. The number of benzene rings is 2. The lowest BCUT2D eigenvalue weighted by Gasteiger charge is -2.19. The fourth-order valence-corrected chi connectivity index (χ4v) is 4.48. The normalized spacial score (nSPS) is 13.5. The topological polar surface area (TPSA) is 87.5 Å². The molecule has 0 fully saturated rings. The number of amides is 1. The Kier molecular flexibility index (Phi) is 8.17. The van der Waals surface area contributed by atoms with Crippen LogP contribution < -0.4 is 19.5 Å². The number of fused-ring (bicyclic) bond motifs is 1. The van der Waals surface area contributed by atoms with Crippen LogP contribution >= 0.6 is 11.8 Å². The van der Waals surface area contributed by atoms with E-state index in [9.17, 15) is 4.79 Å². The molecule has 4 rings (SSSR count). The molecule has 1 N–H and O–H groups in total.